The van der Waals surface area contributed by atoms with Gasteiger partial charge in [0.1, 0.15) is 11.6 Å². The Bertz CT molecular complexity index is 819. The standard InChI is InChI=1S/C17H22N6O3/c1-10-8-15(24)21-16(18-10)23-14(7-11(2)22-23)20-17(25)19-12-5-4-6-13(9-12)26-3/h4-7,9-10,16,18H,8H2,1-3H3,(H,21,24)(H2,19,20,25). The van der Waals surface area contributed by atoms with Gasteiger partial charge in [0.25, 0.3) is 0 Å². The van der Waals surface area contributed by atoms with Crippen LogP contribution in [-0.2, 0) is 4.79 Å². The van der Waals surface area contributed by atoms with Crippen LogP contribution in [0.2, 0.25) is 0 Å². The molecule has 2 atom stereocenters. The van der Waals surface area contributed by atoms with Gasteiger partial charge in [-0.1, -0.05) is 6.07 Å². The molecule has 3 amide bonds. The van der Waals surface area contributed by atoms with Crippen LogP contribution in [0.3, 0.4) is 0 Å². The maximum Gasteiger partial charge on any atom is 0.324 e. The molecule has 3 rings (SSSR count). The van der Waals surface area contributed by atoms with E-state index in [0.717, 1.165) is 5.69 Å². The topological polar surface area (TPSA) is 109 Å². The van der Waals surface area contributed by atoms with Crippen molar-refractivity contribution < 1.29 is 14.3 Å². The summed E-state index contributed by atoms with van der Waals surface area (Å²) in [5, 5.41) is 15.9. The summed E-state index contributed by atoms with van der Waals surface area (Å²) in [7, 11) is 1.56. The van der Waals surface area contributed by atoms with Crippen LogP contribution in [0.5, 0.6) is 5.75 Å². The highest BCUT2D eigenvalue weighted by atomic mass is 16.5. The van der Waals surface area contributed by atoms with Crippen LogP contribution >= 0.6 is 0 Å². The normalized spacial score (nSPS) is 19.6. The Morgan fingerprint density at radius 1 is 1.35 bits per heavy atom. The highest BCUT2D eigenvalue weighted by molar-refractivity contribution is 5.99. The van der Waals surface area contributed by atoms with Crippen LogP contribution in [0.15, 0.2) is 30.3 Å². The number of methoxy groups -OCH3 is 1. The van der Waals surface area contributed by atoms with E-state index < -0.39 is 12.3 Å². The van der Waals surface area contributed by atoms with E-state index >= 15 is 0 Å². The molecule has 0 radical (unpaired) electrons. The van der Waals surface area contributed by atoms with E-state index in [0.29, 0.717) is 23.7 Å². The number of amides is 3. The van der Waals surface area contributed by atoms with Crippen molar-refractivity contribution in [3.8, 4) is 5.75 Å². The van der Waals surface area contributed by atoms with Crippen LogP contribution in [-0.4, -0.2) is 34.9 Å². The highest BCUT2D eigenvalue weighted by Crippen LogP contribution is 2.19. The molecule has 2 unspecified atom stereocenters. The van der Waals surface area contributed by atoms with Crippen molar-refractivity contribution >= 4 is 23.4 Å². The van der Waals surface area contributed by atoms with E-state index in [2.05, 4.69) is 26.4 Å². The number of carbonyl (C=O) groups is 2. The first-order chi connectivity index (χ1) is 12.4. The molecule has 1 aromatic carbocycles. The summed E-state index contributed by atoms with van der Waals surface area (Å²) in [6, 6.07) is 8.37. The van der Waals surface area contributed by atoms with Crippen molar-refractivity contribution in [2.24, 2.45) is 0 Å². The van der Waals surface area contributed by atoms with Gasteiger partial charge in [-0.25, -0.2) is 9.48 Å². The number of rotatable bonds is 4. The first-order valence-electron chi connectivity index (χ1n) is 8.28. The van der Waals surface area contributed by atoms with Crippen molar-refractivity contribution in [1.82, 2.24) is 20.4 Å². The van der Waals surface area contributed by atoms with Crippen LogP contribution < -0.4 is 26.0 Å². The highest BCUT2D eigenvalue weighted by Gasteiger charge is 2.26. The zero-order valence-corrected chi connectivity index (χ0v) is 14.9. The lowest BCUT2D eigenvalue weighted by atomic mass is 10.2. The molecule has 0 spiro atoms. The number of nitrogens with one attached hydrogen (secondary N) is 4. The maximum atomic E-state index is 12.3. The minimum absolute atomic E-state index is 0.0108. The van der Waals surface area contributed by atoms with E-state index in [4.69, 9.17) is 4.74 Å². The summed E-state index contributed by atoms with van der Waals surface area (Å²) in [6.07, 6.45) is -0.123. The van der Waals surface area contributed by atoms with E-state index in [9.17, 15) is 9.59 Å². The number of urea groups is 1. The summed E-state index contributed by atoms with van der Waals surface area (Å²) in [5.41, 5.74) is 1.32. The quantitative estimate of drug-likeness (QED) is 0.666. The minimum atomic E-state index is -0.521. The van der Waals surface area contributed by atoms with E-state index in [1.165, 1.54) is 0 Å². The third kappa shape index (κ3) is 4.12. The lowest BCUT2D eigenvalue weighted by Gasteiger charge is -2.30. The fraction of sp³-hybridized carbons (Fsp3) is 0.353. The lowest BCUT2D eigenvalue weighted by Crippen LogP contribution is -2.52. The first kappa shape index (κ1) is 17.7. The number of ether oxygens (including phenoxy) is 1. The van der Waals surface area contributed by atoms with Crippen LogP contribution in [0.1, 0.15) is 25.3 Å². The van der Waals surface area contributed by atoms with Crippen molar-refractivity contribution in [3.05, 3.63) is 36.0 Å². The number of carbonyl (C=O) groups excluding carboxylic acids is 2. The molecule has 26 heavy (non-hydrogen) atoms. The largest absolute Gasteiger partial charge is 0.497 e. The predicted molar refractivity (Wildman–Crippen MR) is 97.0 cm³/mol. The predicted octanol–water partition coefficient (Wildman–Crippen LogP) is 1.80. The van der Waals surface area contributed by atoms with E-state index in [-0.39, 0.29) is 11.9 Å². The zero-order valence-electron chi connectivity index (χ0n) is 14.9. The van der Waals surface area contributed by atoms with Crippen molar-refractivity contribution in [3.63, 3.8) is 0 Å². The molecule has 1 aliphatic rings. The number of benzene rings is 1. The second-order valence-corrected chi connectivity index (χ2v) is 6.17. The number of aromatic nitrogens is 2. The van der Waals surface area contributed by atoms with Gasteiger partial charge in [0.15, 0.2) is 6.29 Å². The SMILES string of the molecule is COc1cccc(NC(=O)Nc2cc(C)nn2C2NC(=O)CC(C)N2)c1. The van der Waals surface area contributed by atoms with Crippen molar-refractivity contribution in [1.29, 1.82) is 0 Å². The van der Waals surface area contributed by atoms with Gasteiger partial charge >= 0.3 is 6.03 Å². The molecular weight excluding hydrogens is 336 g/mol. The molecule has 138 valence electrons. The van der Waals surface area contributed by atoms with Crippen molar-refractivity contribution in [2.75, 3.05) is 17.7 Å². The Balaban J connectivity index is 1.73. The van der Waals surface area contributed by atoms with Gasteiger partial charge in [-0.3, -0.25) is 15.4 Å². The van der Waals surface area contributed by atoms with Crippen molar-refractivity contribution in [2.45, 2.75) is 32.6 Å². The molecule has 0 saturated carbocycles. The summed E-state index contributed by atoms with van der Waals surface area (Å²) < 4.78 is 6.69. The molecule has 1 saturated heterocycles. The molecule has 4 N–H and O–H groups in total. The van der Waals surface area contributed by atoms with E-state index in [1.807, 2.05) is 13.8 Å². The fourth-order valence-corrected chi connectivity index (χ4v) is 2.78. The Labute approximate surface area is 151 Å². The van der Waals surface area contributed by atoms with Gasteiger partial charge in [-0.15, -0.1) is 0 Å². The maximum absolute atomic E-state index is 12.3. The van der Waals surface area contributed by atoms with Gasteiger partial charge in [0, 0.05) is 30.3 Å². The fourth-order valence-electron chi connectivity index (χ4n) is 2.78. The molecule has 2 heterocycles. The van der Waals surface area contributed by atoms with Gasteiger partial charge < -0.3 is 15.4 Å². The Kier molecular flexibility index (Phi) is 5.08. The Morgan fingerprint density at radius 2 is 2.15 bits per heavy atom. The molecule has 0 aliphatic carbocycles. The zero-order chi connectivity index (χ0) is 18.7. The Hall–Kier alpha value is -3.07. The minimum Gasteiger partial charge on any atom is -0.497 e. The van der Waals surface area contributed by atoms with Gasteiger partial charge in [0.2, 0.25) is 5.91 Å². The number of hydrogen-bond donors (Lipinski definition) is 4. The monoisotopic (exact) mass is 358 g/mol. The molecule has 9 nitrogen and oxygen atoms in total. The van der Waals surface area contributed by atoms with Crippen LogP contribution in [0, 0.1) is 6.92 Å². The lowest BCUT2D eigenvalue weighted by molar-refractivity contribution is -0.125. The third-order valence-electron chi connectivity index (χ3n) is 3.90. The molecule has 0 bridgehead atoms. The summed E-state index contributed by atoms with van der Waals surface area (Å²) in [5.74, 6) is 1.04. The average Bonchev–Trinajstić information content (AvgIpc) is 2.94. The average molecular weight is 358 g/mol. The number of hydrogen-bond acceptors (Lipinski definition) is 5. The molecule has 1 aromatic heterocycles. The molecule has 2 aromatic rings. The second-order valence-electron chi connectivity index (χ2n) is 6.17. The smallest absolute Gasteiger partial charge is 0.324 e. The van der Waals surface area contributed by atoms with Crippen LogP contribution in [0.25, 0.3) is 0 Å². The first-order valence-corrected chi connectivity index (χ1v) is 8.28. The summed E-state index contributed by atoms with van der Waals surface area (Å²) in [4.78, 5) is 24.1. The van der Waals surface area contributed by atoms with Crippen LogP contribution in [0.4, 0.5) is 16.3 Å². The Morgan fingerprint density at radius 3 is 2.88 bits per heavy atom. The number of aryl methyl sites for hydroxylation is 1. The molecule has 1 aliphatic heterocycles. The summed E-state index contributed by atoms with van der Waals surface area (Å²) >= 11 is 0. The molecule has 9 heteroatoms. The second kappa shape index (κ2) is 7.44. The number of nitrogens with zero attached hydrogens (tertiary/aromatic N) is 2. The van der Waals surface area contributed by atoms with Gasteiger partial charge in [0.05, 0.1) is 12.8 Å². The van der Waals surface area contributed by atoms with E-state index in [1.54, 1.807) is 42.1 Å². The summed E-state index contributed by atoms with van der Waals surface area (Å²) in [6.45, 7) is 3.74. The van der Waals surface area contributed by atoms with Gasteiger partial charge in [-0.2, -0.15) is 5.10 Å². The van der Waals surface area contributed by atoms with Gasteiger partial charge in [-0.05, 0) is 26.0 Å². The third-order valence-corrected chi connectivity index (χ3v) is 3.90. The number of anilines is 2. The molecular formula is C17H22N6O3. The molecule has 1 fully saturated rings.